The molecule has 2 aromatic rings. The molecule has 0 aromatic heterocycles. The molecular formula is C18H19FN2O5. The number of nitro benzene ring substituents is 1. The lowest BCUT2D eigenvalue weighted by molar-refractivity contribution is -0.385. The van der Waals surface area contributed by atoms with E-state index < -0.39 is 22.2 Å². The van der Waals surface area contributed by atoms with E-state index in [9.17, 15) is 24.4 Å². The third-order valence-electron chi connectivity index (χ3n) is 3.79. The number of carbonyl (C=O) groups excluding carboxylic acids is 1. The normalized spacial score (nSPS) is 13.0. The van der Waals surface area contributed by atoms with Gasteiger partial charge in [0.1, 0.15) is 18.2 Å². The monoisotopic (exact) mass is 362 g/mol. The first kappa shape index (κ1) is 19.3. The van der Waals surface area contributed by atoms with E-state index >= 15 is 0 Å². The largest absolute Gasteiger partial charge is 0.490 e. The number of hydrogen-bond donors (Lipinski definition) is 2. The lowest BCUT2D eigenvalue weighted by atomic mass is 10.1. The predicted octanol–water partition coefficient (Wildman–Crippen LogP) is 3.12. The molecule has 2 rings (SSSR count). The first-order valence-electron chi connectivity index (χ1n) is 7.78. The van der Waals surface area contributed by atoms with E-state index in [2.05, 4.69) is 5.32 Å². The number of amides is 1. The van der Waals surface area contributed by atoms with Crippen LogP contribution in [-0.2, 0) is 4.79 Å². The Bertz CT molecular complexity index is 851. The second-order valence-corrected chi connectivity index (χ2v) is 6.18. The molecule has 1 amide bonds. The summed E-state index contributed by atoms with van der Waals surface area (Å²) in [6.45, 7) is 4.12. The van der Waals surface area contributed by atoms with E-state index in [-0.39, 0.29) is 12.3 Å². The van der Waals surface area contributed by atoms with Crippen LogP contribution in [0.5, 0.6) is 5.75 Å². The number of carbonyl (C=O) groups is 1. The topological polar surface area (TPSA) is 102 Å². The van der Waals surface area contributed by atoms with Crippen molar-refractivity contribution in [2.24, 2.45) is 0 Å². The van der Waals surface area contributed by atoms with E-state index in [1.165, 1.54) is 43.3 Å². The van der Waals surface area contributed by atoms with Crippen molar-refractivity contribution in [3.8, 4) is 5.75 Å². The molecule has 2 N–H and O–H groups in total. The van der Waals surface area contributed by atoms with Crippen molar-refractivity contribution in [2.75, 3.05) is 11.9 Å². The number of nitrogens with one attached hydrogen (secondary N) is 1. The third kappa shape index (κ3) is 4.54. The summed E-state index contributed by atoms with van der Waals surface area (Å²) >= 11 is 0. The smallest absolute Gasteiger partial charge is 0.272 e. The molecule has 26 heavy (non-hydrogen) atoms. The van der Waals surface area contributed by atoms with E-state index in [1.807, 2.05) is 0 Å². The minimum absolute atomic E-state index is 0.0649. The zero-order valence-corrected chi connectivity index (χ0v) is 14.6. The molecule has 0 spiro atoms. The molecular weight excluding hydrogens is 343 g/mol. The predicted molar refractivity (Wildman–Crippen MR) is 93.7 cm³/mol. The Hall–Kier alpha value is -3.00. The van der Waals surface area contributed by atoms with Gasteiger partial charge in [-0.25, -0.2) is 4.39 Å². The summed E-state index contributed by atoms with van der Waals surface area (Å²) < 4.78 is 18.5. The van der Waals surface area contributed by atoms with Crippen LogP contribution in [0.2, 0.25) is 0 Å². The van der Waals surface area contributed by atoms with Crippen LogP contribution in [0.25, 0.3) is 0 Å². The number of anilines is 1. The molecule has 2 aromatic carbocycles. The van der Waals surface area contributed by atoms with Crippen molar-refractivity contribution in [1.29, 1.82) is 0 Å². The number of aryl methyl sites for hydroxylation is 2. The Labute approximate surface area is 149 Å². The number of nitrogens with zero attached hydrogens (tertiary/aromatic N) is 1. The number of hydrogen-bond acceptors (Lipinski definition) is 5. The summed E-state index contributed by atoms with van der Waals surface area (Å²) in [5.41, 5.74) is -0.699. The fourth-order valence-electron chi connectivity index (χ4n) is 2.26. The Kier molecular flexibility index (Phi) is 5.56. The van der Waals surface area contributed by atoms with Gasteiger partial charge in [0.25, 0.3) is 11.6 Å². The second-order valence-electron chi connectivity index (χ2n) is 6.18. The Morgan fingerprint density at radius 2 is 1.96 bits per heavy atom. The van der Waals surface area contributed by atoms with Crippen molar-refractivity contribution in [3.63, 3.8) is 0 Å². The molecule has 0 aliphatic carbocycles. The zero-order chi connectivity index (χ0) is 19.5. The molecule has 8 heteroatoms. The van der Waals surface area contributed by atoms with Crippen LogP contribution >= 0.6 is 0 Å². The van der Waals surface area contributed by atoms with Crippen LogP contribution in [0, 0.1) is 29.8 Å². The molecule has 0 saturated carbocycles. The van der Waals surface area contributed by atoms with Crippen molar-refractivity contribution < 1.29 is 24.0 Å². The number of aliphatic hydroxyl groups is 1. The molecule has 0 saturated heterocycles. The molecule has 0 aliphatic heterocycles. The van der Waals surface area contributed by atoms with Crippen LogP contribution in [0.3, 0.4) is 0 Å². The zero-order valence-electron chi connectivity index (χ0n) is 14.6. The lowest BCUT2D eigenvalue weighted by Gasteiger charge is -2.23. The standard InChI is InChI=1S/C18H19FN2O5/c1-11-9-14(5-6-15(11)21(24)25)20-17(22)18(3,23)10-26-16-7-4-13(19)8-12(16)2/h4-9,23H,10H2,1-3H3,(H,20,22)/t18-/m0/s1. The van der Waals surface area contributed by atoms with Crippen LogP contribution in [0.4, 0.5) is 15.8 Å². The number of rotatable bonds is 6. The van der Waals surface area contributed by atoms with Gasteiger partial charge in [0, 0.05) is 17.3 Å². The Morgan fingerprint density at radius 1 is 1.27 bits per heavy atom. The van der Waals surface area contributed by atoms with Gasteiger partial charge in [-0.2, -0.15) is 0 Å². The Morgan fingerprint density at radius 3 is 2.54 bits per heavy atom. The van der Waals surface area contributed by atoms with Crippen LogP contribution in [0.1, 0.15) is 18.1 Å². The molecule has 0 radical (unpaired) electrons. The maximum absolute atomic E-state index is 13.1. The maximum Gasteiger partial charge on any atom is 0.272 e. The van der Waals surface area contributed by atoms with E-state index in [0.29, 0.717) is 22.6 Å². The van der Waals surface area contributed by atoms with Crippen molar-refractivity contribution in [3.05, 3.63) is 63.5 Å². The van der Waals surface area contributed by atoms with Gasteiger partial charge in [0.05, 0.1) is 4.92 Å². The SMILES string of the molecule is Cc1cc(F)ccc1OC[C@](C)(O)C(=O)Nc1ccc([N+](=O)[O-])c(C)c1. The fourth-order valence-corrected chi connectivity index (χ4v) is 2.26. The molecule has 0 bridgehead atoms. The van der Waals surface area contributed by atoms with Gasteiger partial charge in [0.15, 0.2) is 5.60 Å². The third-order valence-corrected chi connectivity index (χ3v) is 3.79. The Balaban J connectivity index is 2.05. The highest BCUT2D eigenvalue weighted by molar-refractivity contribution is 5.97. The van der Waals surface area contributed by atoms with Gasteiger partial charge in [-0.05, 0) is 56.7 Å². The molecule has 1 atom stereocenters. The number of halogens is 1. The minimum atomic E-state index is -1.86. The van der Waals surface area contributed by atoms with Crippen molar-refractivity contribution in [2.45, 2.75) is 26.4 Å². The van der Waals surface area contributed by atoms with Gasteiger partial charge in [0.2, 0.25) is 0 Å². The molecule has 0 fully saturated rings. The van der Waals surface area contributed by atoms with E-state index in [0.717, 1.165) is 0 Å². The summed E-state index contributed by atoms with van der Waals surface area (Å²) in [7, 11) is 0. The average Bonchev–Trinajstić information content (AvgIpc) is 2.53. The summed E-state index contributed by atoms with van der Waals surface area (Å²) in [4.78, 5) is 22.6. The molecule has 7 nitrogen and oxygen atoms in total. The van der Waals surface area contributed by atoms with Crippen LogP contribution in [0.15, 0.2) is 36.4 Å². The number of benzene rings is 2. The summed E-state index contributed by atoms with van der Waals surface area (Å²) in [5, 5.41) is 23.7. The molecule has 0 unspecified atom stereocenters. The van der Waals surface area contributed by atoms with Crippen LogP contribution in [-0.4, -0.2) is 28.1 Å². The fraction of sp³-hybridized carbons (Fsp3) is 0.278. The average molecular weight is 362 g/mol. The van der Waals surface area contributed by atoms with Gasteiger partial charge in [-0.15, -0.1) is 0 Å². The first-order chi connectivity index (χ1) is 12.1. The highest BCUT2D eigenvalue weighted by Gasteiger charge is 2.32. The highest BCUT2D eigenvalue weighted by Crippen LogP contribution is 2.23. The summed E-state index contributed by atoms with van der Waals surface area (Å²) in [5.74, 6) is -0.788. The molecule has 0 heterocycles. The highest BCUT2D eigenvalue weighted by atomic mass is 19.1. The quantitative estimate of drug-likeness (QED) is 0.607. The van der Waals surface area contributed by atoms with Gasteiger partial charge >= 0.3 is 0 Å². The number of ether oxygens (including phenoxy) is 1. The minimum Gasteiger partial charge on any atom is -0.490 e. The van der Waals surface area contributed by atoms with Crippen molar-refractivity contribution >= 4 is 17.3 Å². The van der Waals surface area contributed by atoms with Gasteiger partial charge < -0.3 is 15.2 Å². The lowest BCUT2D eigenvalue weighted by Crippen LogP contribution is -2.45. The van der Waals surface area contributed by atoms with E-state index in [1.54, 1.807) is 13.8 Å². The molecule has 0 aliphatic rings. The van der Waals surface area contributed by atoms with Gasteiger partial charge in [-0.3, -0.25) is 14.9 Å². The number of nitro groups is 1. The summed E-state index contributed by atoms with van der Waals surface area (Å²) in [6.07, 6.45) is 0. The van der Waals surface area contributed by atoms with E-state index in [4.69, 9.17) is 4.74 Å². The molecule has 138 valence electrons. The second kappa shape index (κ2) is 7.49. The van der Waals surface area contributed by atoms with Crippen molar-refractivity contribution in [1.82, 2.24) is 0 Å². The first-order valence-corrected chi connectivity index (χ1v) is 7.78. The van der Waals surface area contributed by atoms with Crippen LogP contribution < -0.4 is 10.1 Å². The maximum atomic E-state index is 13.1. The van der Waals surface area contributed by atoms with Gasteiger partial charge in [-0.1, -0.05) is 0 Å². The summed E-state index contributed by atoms with van der Waals surface area (Å²) in [6, 6.07) is 8.01.